The van der Waals surface area contributed by atoms with Gasteiger partial charge in [-0.1, -0.05) is 74.5 Å². The van der Waals surface area contributed by atoms with Crippen LogP contribution in [0.2, 0.25) is 0 Å². The zero-order valence-electron chi connectivity index (χ0n) is 18.8. The topological polar surface area (TPSA) is 28.7 Å². The second-order valence-corrected chi connectivity index (χ2v) is 9.50. The summed E-state index contributed by atoms with van der Waals surface area (Å²) in [7, 11) is 0. The lowest BCUT2D eigenvalue weighted by Gasteiger charge is -2.21. The van der Waals surface area contributed by atoms with E-state index < -0.39 is 0 Å². The Morgan fingerprint density at radius 1 is 0.812 bits per heavy atom. The number of hydrogen-bond donors (Lipinski definition) is 0. The van der Waals surface area contributed by atoms with Crippen molar-refractivity contribution in [2.45, 2.75) is 33.1 Å². The number of fused-ring (bicyclic) bond motifs is 7. The fourth-order valence-corrected chi connectivity index (χ4v) is 5.82. The minimum atomic E-state index is -0.0677. The summed E-state index contributed by atoms with van der Waals surface area (Å²) in [5.41, 5.74) is 11.5. The molecule has 1 aliphatic rings. The van der Waals surface area contributed by atoms with Gasteiger partial charge in [-0.2, -0.15) is 5.26 Å². The van der Waals surface area contributed by atoms with E-state index in [9.17, 15) is 5.26 Å². The normalized spacial score (nSPS) is 13.8. The number of rotatable bonds is 1. The van der Waals surface area contributed by atoms with Crippen molar-refractivity contribution in [2.75, 3.05) is 0 Å². The van der Waals surface area contributed by atoms with E-state index in [1.807, 2.05) is 6.07 Å². The monoisotopic (exact) mass is 412 g/mol. The highest BCUT2D eigenvalue weighted by molar-refractivity contribution is 6.15. The molecule has 1 aliphatic carbocycles. The minimum Gasteiger partial charge on any atom is -0.307 e. The Morgan fingerprint density at radius 3 is 2.38 bits per heavy atom. The van der Waals surface area contributed by atoms with Crippen LogP contribution in [0.15, 0.2) is 72.8 Å². The van der Waals surface area contributed by atoms with Crippen molar-refractivity contribution in [1.29, 1.82) is 5.26 Å². The van der Waals surface area contributed by atoms with Gasteiger partial charge in [0, 0.05) is 21.8 Å². The van der Waals surface area contributed by atoms with E-state index >= 15 is 0 Å². The van der Waals surface area contributed by atoms with Gasteiger partial charge < -0.3 is 4.57 Å². The zero-order valence-corrected chi connectivity index (χ0v) is 18.8. The number of benzene rings is 4. The third-order valence-electron chi connectivity index (χ3n) is 7.17. The fraction of sp³-hybridized carbons (Fsp3) is 0.167. The SMILES string of the molecule is Cc1cc(C)c(-n2c3ccccc3c3ccc4c(c32)-c2ccccc2C4(C)C)c(C#N)c1. The van der Waals surface area contributed by atoms with Crippen LogP contribution in [-0.4, -0.2) is 4.57 Å². The fourth-order valence-electron chi connectivity index (χ4n) is 5.82. The molecule has 0 atom stereocenters. The molecule has 0 fully saturated rings. The van der Waals surface area contributed by atoms with Gasteiger partial charge in [-0.05, 0) is 53.8 Å². The number of aromatic nitrogens is 1. The Hall–Kier alpha value is -3.83. The van der Waals surface area contributed by atoms with Crippen LogP contribution in [0.3, 0.4) is 0 Å². The van der Waals surface area contributed by atoms with Gasteiger partial charge >= 0.3 is 0 Å². The van der Waals surface area contributed by atoms with Gasteiger partial charge in [0.05, 0.1) is 22.3 Å². The largest absolute Gasteiger partial charge is 0.307 e. The number of hydrogen-bond acceptors (Lipinski definition) is 1. The smallest absolute Gasteiger partial charge is 0.101 e. The van der Waals surface area contributed by atoms with Gasteiger partial charge in [0.15, 0.2) is 0 Å². The number of nitrogens with zero attached hydrogens (tertiary/aromatic N) is 2. The van der Waals surface area contributed by atoms with Gasteiger partial charge in [0.25, 0.3) is 0 Å². The van der Waals surface area contributed by atoms with E-state index in [-0.39, 0.29) is 5.41 Å². The second-order valence-electron chi connectivity index (χ2n) is 9.50. The molecule has 0 spiro atoms. The van der Waals surface area contributed by atoms with Crippen LogP contribution in [0.5, 0.6) is 0 Å². The Labute approximate surface area is 188 Å². The molecule has 2 nitrogen and oxygen atoms in total. The third kappa shape index (κ3) is 2.29. The predicted octanol–water partition coefficient (Wildman–Crippen LogP) is 7.58. The van der Waals surface area contributed by atoms with Crippen molar-refractivity contribution in [3.05, 3.63) is 101 Å². The molecule has 1 aromatic heterocycles. The number of para-hydroxylation sites is 1. The summed E-state index contributed by atoms with van der Waals surface area (Å²) < 4.78 is 2.34. The lowest BCUT2D eigenvalue weighted by molar-refractivity contribution is 0.661. The molecule has 0 bridgehead atoms. The highest BCUT2D eigenvalue weighted by atomic mass is 15.0. The molecular formula is C30H24N2. The highest BCUT2D eigenvalue weighted by Crippen LogP contribution is 2.53. The lowest BCUT2D eigenvalue weighted by atomic mass is 9.82. The lowest BCUT2D eigenvalue weighted by Crippen LogP contribution is -2.14. The van der Waals surface area contributed by atoms with Crippen LogP contribution in [0.25, 0.3) is 38.6 Å². The first kappa shape index (κ1) is 18.9. The van der Waals surface area contributed by atoms with Crippen molar-refractivity contribution < 1.29 is 0 Å². The molecule has 2 heteroatoms. The summed E-state index contributed by atoms with van der Waals surface area (Å²) in [5, 5.41) is 12.5. The van der Waals surface area contributed by atoms with Gasteiger partial charge in [-0.15, -0.1) is 0 Å². The molecular weight excluding hydrogens is 388 g/mol. The van der Waals surface area contributed by atoms with Crippen LogP contribution in [0.4, 0.5) is 0 Å². The molecule has 1 heterocycles. The highest BCUT2D eigenvalue weighted by Gasteiger charge is 2.37. The zero-order chi connectivity index (χ0) is 22.2. The van der Waals surface area contributed by atoms with Gasteiger partial charge in [0.1, 0.15) is 6.07 Å². The van der Waals surface area contributed by atoms with Crippen LogP contribution in [0.1, 0.15) is 41.7 Å². The number of nitriles is 1. The van der Waals surface area contributed by atoms with E-state index in [4.69, 9.17) is 0 Å². The van der Waals surface area contributed by atoms with Gasteiger partial charge in [0.2, 0.25) is 0 Å². The predicted molar refractivity (Wildman–Crippen MR) is 133 cm³/mol. The molecule has 32 heavy (non-hydrogen) atoms. The van der Waals surface area contributed by atoms with Crippen LogP contribution >= 0.6 is 0 Å². The van der Waals surface area contributed by atoms with Gasteiger partial charge in [-0.25, -0.2) is 0 Å². The Kier molecular flexibility index (Phi) is 3.75. The van der Waals surface area contributed by atoms with E-state index in [1.54, 1.807) is 0 Å². The maximum atomic E-state index is 10.1. The maximum Gasteiger partial charge on any atom is 0.101 e. The molecule has 0 unspecified atom stereocenters. The molecule has 5 aromatic rings. The second kappa shape index (κ2) is 6.34. The summed E-state index contributed by atoms with van der Waals surface area (Å²) >= 11 is 0. The van der Waals surface area contributed by atoms with Crippen molar-refractivity contribution in [3.63, 3.8) is 0 Å². The standard InChI is InChI=1S/C30H24N2/c1-18-15-19(2)28(20(16-18)17-31)32-26-12-8-6-9-21(26)22-13-14-25-27(29(22)32)23-10-5-7-11-24(23)30(25,3)4/h5-16H,1-4H3. The van der Waals surface area contributed by atoms with Crippen molar-refractivity contribution >= 4 is 21.8 Å². The minimum absolute atomic E-state index is 0.0677. The van der Waals surface area contributed by atoms with Crippen molar-refractivity contribution in [1.82, 2.24) is 4.57 Å². The molecule has 0 saturated heterocycles. The molecule has 0 N–H and O–H groups in total. The van der Waals surface area contributed by atoms with Gasteiger partial charge in [-0.3, -0.25) is 0 Å². The molecule has 0 amide bonds. The Balaban J connectivity index is 1.90. The Morgan fingerprint density at radius 2 is 1.56 bits per heavy atom. The molecule has 6 rings (SSSR count). The summed E-state index contributed by atoms with van der Waals surface area (Å²) in [6, 6.07) is 28.6. The van der Waals surface area contributed by atoms with Crippen molar-refractivity contribution in [3.8, 4) is 22.9 Å². The van der Waals surface area contributed by atoms with Crippen LogP contribution in [0, 0.1) is 25.2 Å². The van der Waals surface area contributed by atoms with E-state index in [1.165, 1.54) is 38.5 Å². The Bertz CT molecular complexity index is 1620. The first-order valence-electron chi connectivity index (χ1n) is 11.1. The van der Waals surface area contributed by atoms with Crippen LogP contribution < -0.4 is 0 Å². The average molecular weight is 413 g/mol. The first-order valence-corrected chi connectivity index (χ1v) is 11.1. The molecule has 4 aromatic carbocycles. The first-order chi connectivity index (χ1) is 15.4. The quantitative estimate of drug-likeness (QED) is 0.279. The number of aryl methyl sites for hydroxylation is 2. The molecule has 154 valence electrons. The summed E-state index contributed by atoms with van der Waals surface area (Å²) in [6.45, 7) is 8.80. The summed E-state index contributed by atoms with van der Waals surface area (Å²) in [6.07, 6.45) is 0. The van der Waals surface area contributed by atoms with E-state index in [0.29, 0.717) is 5.56 Å². The summed E-state index contributed by atoms with van der Waals surface area (Å²) in [4.78, 5) is 0. The molecule has 0 aliphatic heterocycles. The third-order valence-corrected chi connectivity index (χ3v) is 7.17. The summed E-state index contributed by atoms with van der Waals surface area (Å²) in [5.74, 6) is 0. The van der Waals surface area contributed by atoms with Crippen molar-refractivity contribution in [2.24, 2.45) is 0 Å². The van der Waals surface area contributed by atoms with E-state index in [0.717, 1.165) is 22.3 Å². The van der Waals surface area contributed by atoms with Crippen LogP contribution in [-0.2, 0) is 5.41 Å². The van der Waals surface area contributed by atoms with E-state index in [2.05, 4.69) is 105 Å². The molecule has 0 saturated carbocycles. The average Bonchev–Trinajstić information content (AvgIpc) is 3.23. The molecule has 0 radical (unpaired) electrons. The maximum absolute atomic E-state index is 10.1.